The molecule has 0 aromatic heterocycles. The summed E-state index contributed by atoms with van der Waals surface area (Å²) in [7, 11) is 1.60. The van der Waals surface area contributed by atoms with Crippen molar-refractivity contribution in [2.75, 3.05) is 53.2 Å². The monoisotopic (exact) mass is 395 g/mol. The number of benzene rings is 1. The number of aliphatic hydroxyl groups is 1. The van der Waals surface area contributed by atoms with Crippen molar-refractivity contribution >= 4 is 5.96 Å². The Morgan fingerprint density at radius 3 is 2.89 bits per heavy atom. The summed E-state index contributed by atoms with van der Waals surface area (Å²) in [5.41, 5.74) is 1.01. The lowest BCUT2D eigenvalue weighted by atomic mass is 10.2. The molecule has 1 aliphatic rings. The van der Waals surface area contributed by atoms with Gasteiger partial charge in [0.15, 0.2) is 17.5 Å². The first-order chi connectivity index (χ1) is 13.8. The van der Waals surface area contributed by atoms with Gasteiger partial charge in [-0.1, -0.05) is 6.07 Å². The smallest absolute Gasteiger partial charge is 0.191 e. The van der Waals surface area contributed by atoms with Gasteiger partial charge in [0.1, 0.15) is 6.61 Å². The Labute approximate surface area is 167 Å². The van der Waals surface area contributed by atoms with E-state index in [1.807, 2.05) is 25.1 Å². The SMILES string of the molecule is CCNC(=NCc1ccc(OCCO)c(OC)c1)NCCCOC1CCOC1. The van der Waals surface area contributed by atoms with Gasteiger partial charge in [-0.2, -0.15) is 0 Å². The fourth-order valence-electron chi connectivity index (χ4n) is 2.77. The van der Waals surface area contributed by atoms with Gasteiger partial charge in [-0.05, 0) is 37.5 Å². The van der Waals surface area contributed by atoms with Crippen LogP contribution in [-0.2, 0) is 16.0 Å². The Hall–Kier alpha value is -2.03. The standard InChI is InChI=1S/C20H33N3O5/c1-3-21-20(22-8-4-10-27-17-7-11-26-15-17)23-14-16-5-6-18(28-12-9-24)19(13-16)25-2/h5-6,13,17,24H,3-4,7-12,14-15H2,1-2H3,(H2,21,22,23). The fourth-order valence-corrected chi connectivity index (χ4v) is 2.77. The van der Waals surface area contributed by atoms with Gasteiger partial charge in [0, 0.05) is 26.3 Å². The first-order valence-corrected chi connectivity index (χ1v) is 9.89. The van der Waals surface area contributed by atoms with E-state index in [1.54, 1.807) is 7.11 Å². The maximum atomic E-state index is 8.89. The number of hydrogen-bond donors (Lipinski definition) is 3. The van der Waals surface area contributed by atoms with E-state index >= 15 is 0 Å². The summed E-state index contributed by atoms with van der Waals surface area (Å²) in [6, 6.07) is 5.68. The van der Waals surface area contributed by atoms with Crippen LogP contribution in [0.1, 0.15) is 25.3 Å². The topological polar surface area (TPSA) is 93.6 Å². The first-order valence-electron chi connectivity index (χ1n) is 9.89. The number of aliphatic hydroxyl groups excluding tert-OH is 1. The van der Waals surface area contributed by atoms with E-state index in [0.717, 1.165) is 44.1 Å². The van der Waals surface area contributed by atoms with Gasteiger partial charge >= 0.3 is 0 Å². The Morgan fingerprint density at radius 1 is 1.29 bits per heavy atom. The van der Waals surface area contributed by atoms with Gasteiger partial charge in [-0.3, -0.25) is 0 Å². The first kappa shape index (κ1) is 22.3. The molecule has 1 aromatic rings. The number of ether oxygens (including phenoxy) is 4. The predicted molar refractivity (Wildman–Crippen MR) is 108 cm³/mol. The lowest BCUT2D eigenvalue weighted by molar-refractivity contribution is 0.0420. The van der Waals surface area contributed by atoms with Gasteiger partial charge < -0.3 is 34.7 Å². The molecule has 1 fully saturated rings. The van der Waals surface area contributed by atoms with Crippen molar-refractivity contribution in [2.45, 2.75) is 32.4 Å². The van der Waals surface area contributed by atoms with Crippen molar-refractivity contribution in [2.24, 2.45) is 4.99 Å². The minimum Gasteiger partial charge on any atom is -0.493 e. The van der Waals surface area contributed by atoms with E-state index in [-0.39, 0.29) is 19.3 Å². The summed E-state index contributed by atoms with van der Waals surface area (Å²) in [6.07, 6.45) is 2.15. The second-order valence-corrected chi connectivity index (χ2v) is 6.39. The van der Waals surface area contributed by atoms with Crippen molar-refractivity contribution in [3.63, 3.8) is 0 Å². The van der Waals surface area contributed by atoms with Crippen molar-refractivity contribution in [3.05, 3.63) is 23.8 Å². The molecule has 1 aliphatic heterocycles. The van der Waals surface area contributed by atoms with Crippen molar-refractivity contribution in [1.82, 2.24) is 10.6 Å². The Balaban J connectivity index is 1.80. The van der Waals surface area contributed by atoms with E-state index in [9.17, 15) is 0 Å². The van der Waals surface area contributed by atoms with Crippen LogP contribution in [0.4, 0.5) is 0 Å². The molecular formula is C20H33N3O5. The van der Waals surface area contributed by atoms with Crippen LogP contribution < -0.4 is 20.1 Å². The molecule has 8 heteroatoms. The fraction of sp³-hybridized carbons (Fsp3) is 0.650. The lowest BCUT2D eigenvalue weighted by Gasteiger charge is -2.13. The van der Waals surface area contributed by atoms with E-state index in [4.69, 9.17) is 24.1 Å². The molecule has 1 saturated heterocycles. The lowest BCUT2D eigenvalue weighted by Crippen LogP contribution is -2.38. The highest BCUT2D eigenvalue weighted by atomic mass is 16.5. The van der Waals surface area contributed by atoms with E-state index < -0.39 is 0 Å². The van der Waals surface area contributed by atoms with Crippen LogP contribution in [0.25, 0.3) is 0 Å². The maximum Gasteiger partial charge on any atom is 0.191 e. The molecule has 3 N–H and O–H groups in total. The second-order valence-electron chi connectivity index (χ2n) is 6.39. The Morgan fingerprint density at radius 2 is 2.18 bits per heavy atom. The number of guanidine groups is 1. The quantitative estimate of drug-likeness (QED) is 0.279. The third-order valence-corrected chi connectivity index (χ3v) is 4.20. The summed E-state index contributed by atoms with van der Waals surface area (Å²) < 4.78 is 21.9. The summed E-state index contributed by atoms with van der Waals surface area (Å²) in [6.45, 7) is 6.57. The number of nitrogens with zero attached hydrogens (tertiary/aromatic N) is 1. The summed E-state index contributed by atoms with van der Waals surface area (Å²) in [4.78, 5) is 4.62. The second kappa shape index (κ2) is 13.2. The minimum absolute atomic E-state index is 0.0353. The van der Waals surface area contributed by atoms with Crippen molar-refractivity contribution in [1.29, 1.82) is 0 Å². The van der Waals surface area contributed by atoms with Gasteiger partial charge in [-0.25, -0.2) is 4.99 Å². The highest BCUT2D eigenvalue weighted by molar-refractivity contribution is 5.79. The number of rotatable bonds is 12. The largest absolute Gasteiger partial charge is 0.493 e. The molecule has 8 nitrogen and oxygen atoms in total. The molecule has 0 amide bonds. The molecule has 1 heterocycles. The van der Waals surface area contributed by atoms with E-state index in [2.05, 4.69) is 15.6 Å². The molecule has 0 bridgehead atoms. The highest BCUT2D eigenvalue weighted by Crippen LogP contribution is 2.28. The molecule has 0 spiro atoms. The van der Waals surface area contributed by atoms with E-state index in [1.165, 1.54) is 0 Å². The normalized spacial score (nSPS) is 16.8. The van der Waals surface area contributed by atoms with Crippen LogP contribution in [0.15, 0.2) is 23.2 Å². The zero-order chi connectivity index (χ0) is 20.0. The van der Waals surface area contributed by atoms with Crippen LogP contribution >= 0.6 is 0 Å². The summed E-state index contributed by atoms with van der Waals surface area (Å²) >= 11 is 0. The molecule has 0 saturated carbocycles. The third kappa shape index (κ3) is 7.92. The van der Waals surface area contributed by atoms with Crippen LogP contribution in [0.2, 0.25) is 0 Å². The third-order valence-electron chi connectivity index (χ3n) is 4.20. The molecule has 1 atom stereocenters. The number of methoxy groups -OCH3 is 1. The van der Waals surface area contributed by atoms with Crippen molar-refractivity contribution in [3.8, 4) is 11.5 Å². The molecule has 0 aliphatic carbocycles. The van der Waals surface area contributed by atoms with Crippen LogP contribution in [0.5, 0.6) is 11.5 Å². The average molecular weight is 396 g/mol. The van der Waals surface area contributed by atoms with Crippen molar-refractivity contribution < 1.29 is 24.1 Å². The number of nitrogens with one attached hydrogen (secondary N) is 2. The predicted octanol–water partition coefficient (Wildman–Crippen LogP) is 1.32. The number of aliphatic imine (C=N–C) groups is 1. The minimum atomic E-state index is -0.0353. The zero-order valence-corrected chi connectivity index (χ0v) is 16.9. The number of hydrogen-bond acceptors (Lipinski definition) is 6. The molecule has 28 heavy (non-hydrogen) atoms. The van der Waals surface area contributed by atoms with Gasteiger partial charge in [0.05, 0.1) is 33.0 Å². The highest BCUT2D eigenvalue weighted by Gasteiger charge is 2.15. The van der Waals surface area contributed by atoms with Gasteiger partial charge in [0.25, 0.3) is 0 Å². The molecule has 0 radical (unpaired) electrons. The van der Waals surface area contributed by atoms with Gasteiger partial charge in [-0.15, -0.1) is 0 Å². The molecular weight excluding hydrogens is 362 g/mol. The molecule has 158 valence electrons. The summed E-state index contributed by atoms with van der Waals surface area (Å²) in [5, 5.41) is 15.5. The molecule has 1 unspecified atom stereocenters. The van der Waals surface area contributed by atoms with E-state index in [0.29, 0.717) is 31.3 Å². The average Bonchev–Trinajstić information content (AvgIpc) is 3.23. The molecule has 2 rings (SSSR count). The van der Waals surface area contributed by atoms with Gasteiger partial charge in [0.2, 0.25) is 0 Å². The Bertz CT molecular complexity index is 591. The van der Waals surface area contributed by atoms with Crippen LogP contribution in [-0.4, -0.2) is 70.4 Å². The van der Waals surface area contributed by atoms with Crippen LogP contribution in [0, 0.1) is 0 Å². The Kier molecular flexibility index (Phi) is 10.5. The zero-order valence-electron chi connectivity index (χ0n) is 16.9. The molecule has 1 aromatic carbocycles. The van der Waals surface area contributed by atoms with Crippen LogP contribution in [0.3, 0.4) is 0 Å². The summed E-state index contributed by atoms with van der Waals surface area (Å²) in [5.74, 6) is 2.01. The maximum absolute atomic E-state index is 8.89.